The first-order valence-electron chi connectivity index (χ1n) is 7.66. The van der Waals surface area contributed by atoms with Crippen molar-refractivity contribution in [2.24, 2.45) is 7.05 Å². The first-order chi connectivity index (χ1) is 10.8. The van der Waals surface area contributed by atoms with Crippen molar-refractivity contribution in [2.75, 3.05) is 0 Å². The van der Waals surface area contributed by atoms with Gasteiger partial charge in [0.2, 0.25) is 0 Å². The lowest BCUT2D eigenvalue weighted by atomic mass is 10.2. The zero-order chi connectivity index (χ0) is 15.1. The van der Waals surface area contributed by atoms with Crippen LogP contribution in [0.3, 0.4) is 0 Å². The second-order valence-electron chi connectivity index (χ2n) is 5.65. The Balaban J connectivity index is 1.86. The predicted molar refractivity (Wildman–Crippen MR) is 89.8 cm³/mol. The van der Waals surface area contributed by atoms with Gasteiger partial charge in [-0.2, -0.15) is 0 Å². The van der Waals surface area contributed by atoms with Gasteiger partial charge in [-0.25, -0.2) is 9.97 Å². The molecule has 0 aliphatic carbocycles. The number of benzene rings is 2. The monoisotopic (exact) mass is 290 g/mol. The summed E-state index contributed by atoms with van der Waals surface area (Å²) < 4.78 is 2.14. The molecule has 2 aromatic carbocycles. The van der Waals surface area contributed by atoms with Gasteiger partial charge >= 0.3 is 0 Å². The summed E-state index contributed by atoms with van der Waals surface area (Å²) in [6.07, 6.45) is 2.08. The molecular formula is C18H18N4. The van der Waals surface area contributed by atoms with Crippen molar-refractivity contribution >= 4 is 22.1 Å². The van der Waals surface area contributed by atoms with Gasteiger partial charge in [-0.05, 0) is 36.8 Å². The quantitative estimate of drug-likeness (QED) is 0.618. The summed E-state index contributed by atoms with van der Waals surface area (Å²) in [5, 5.41) is 0. The molecule has 4 nitrogen and oxygen atoms in total. The Morgan fingerprint density at radius 1 is 1.05 bits per heavy atom. The van der Waals surface area contributed by atoms with E-state index in [2.05, 4.69) is 52.8 Å². The van der Waals surface area contributed by atoms with Gasteiger partial charge in [-0.3, -0.25) is 0 Å². The molecule has 0 unspecified atom stereocenters. The van der Waals surface area contributed by atoms with Gasteiger partial charge in [0.25, 0.3) is 0 Å². The smallest absolute Gasteiger partial charge is 0.140 e. The molecule has 2 aromatic heterocycles. The molecule has 1 N–H and O–H groups in total. The fourth-order valence-electron chi connectivity index (χ4n) is 2.96. The number of H-pyrrole nitrogens is 1. The third kappa shape index (κ3) is 1.99. The molecule has 4 rings (SSSR count). The molecule has 0 aliphatic heterocycles. The number of para-hydroxylation sites is 2. The van der Waals surface area contributed by atoms with Crippen molar-refractivity contribution in [3.8, 4) is 11.4 Å². The van der Waals surface area contributed by atoms with Crippen LogP contribution in [0.5, 0.6) is 0 Å². The van der Waals surface area contributed by atoms with Crippen LogP contribution in [-0.2, 0) is 13.5 Å². The number of nitrogens with one attached hydrogen (secondary N) is 1. The molecule has 4 aromatic rings. The topological polar surface area (TPSA) is 46.5 Å². The van der Waals surface area contributed by atoms with E-state index in [1.807, 2.05) is 18.2 Å². The average Bonchev–Trinajstić information content (AvgIpc) is 3.08. The predicted octanol–water partition coefficient (Wildman–Crippen LogP) is 4.07. The standard InChI is InChI=1S/C18H18N4/c1-3-6-17-19-13-10-9-12(11-15(13)20-17)18-21-14-7-4-5-8-16(14)22(18)2/h4-5,7-11H,3,6H2,1-2H3,(H,19,20). The lowest BCUT2D eigenvalue weighted by Gasteiger charge is -2.02. The van der Waals surface area contributed by atoms with Crippen molar-refractivity contribution in [1.82, 2.24) is 19.5 Å². The number of rotatable bonds is 3. The van der Waals surface area contributed by atoms with Crippen molar-refractivity contribution in [3.05, 3.63) is 48.3 Å². The van der Waals surface area contributed by atoms with E-state index in [1.54, 1.807) is 0 Å². The number of hydrogen-bond donors (Lipinski definition) is 1. The summed E-state index contributed by atoms with van der Waals surface area (Å²) in [4.78, 5) is 12.8. The molecule has 110 valence electrons. The molecule has 0 saturated heterocycles. The SMILES string of the molecule is CCCc1nc2cc(-c3nc4ccccc4n3C)ccc2[nH]1. The summed E-state index contributed by atoms with van der Waals surface area (Å²) in [7, 11) is 2.06. The van der Waals surface area contributed by atoms with Gasteiger partial charge in [-0.15, -0.1) is 0 Å². The van der Waals surface area contributed by atoms with Crippen LogP contribution in [0.15, 0.2) is 42.5 Å². The maximum atomic E-state index is 4.76. The van der Waals surface area contributed by atoms with E-state index in [9.17, 15) is 0 Å². The highest BCUT2D eigenvalue weighted by molar-refractivity contribution is 5.84. The van der Waals surface area contributed by atoms with E-state index in [-0.39, 0.29) is 0 Å². The number of hydrogen-bond acceptors (Lipinski definition) is 2. The summed E-state index contributed by atoms with van der Waals surface area (Å²) in [5.41, 5.74) is 5.36. The zero-order valence-corrected chi connectivity index (χ0v) is 12.8. The van der Waals surface area contributed by atoms with Gasteiger partial charge in [0, 0.05) is 19.0 Å². The van der Waals surface area contributed by atoms with Crippen molar-refractivity contribution in [3.63, 3.8) is 0 Å². The fourth-order valence-corrected chi connectivity index (χ4v) is 2.96. The minimum absolute atomic E-state index is 0.975. The minimum atomic E-state index is 0.975. The van der Waals surface area contributed by atoms with Crippen LogP contribution >= 0.6 is 0 Å². The van der Waals surface area contributed by atoms with E-state index < -0.39 is 0 Å². The van der Waals surface area contributed by atoms with Crippen molar-refractivity contribution < 1.29 is 0 Å². The van der Waals surface area contributed by atoms with E-state index >= 15 is 0 Å². The summed E-state index contributed by atoms with van der Waals surface area (Å²) in [6.45, 7) is 2.16. The Labute approximate surface area is 128 Å². The highest BCUT2D eigenvalue weighted by atomic mass is 15.1. The molecule has 0 fully saturated rings. The Bertz CT molecular complexity index is 962. The number of nitrogens with zero attached hydrogens (tertiary/aromatic N) is 3. The largest absolute Gasteiger partial charge is 0.342 e. The van der Waals surface area contributed by atoms with Gasteiger partial charge in [-0.1, -0.05) is 19.1 Å². The van der Waals surface area contributed by atoms with Gasteiger partial charge < -0.3 is 9.55 Å². The normalized spacial score (nSPS) is 11.5. The second kappa shape index (κ2) is 4.98. The molecule has 0 atom stereocenters. The van der Waals surface area contributed by atoms with Crippen LogP contribution < -0.4 is 0 Å². The van der Waals surface area contributed by atoms with Gasteiger partial charge in [0.1, 0.15) is 11.6 Å². The molecule has 0 amide bonds. The molecule has 2 heterocycles. The number of imidazole rings is 2. The molecule has 0 aliphatic rings. The van der Waals surface area contributed by atoms with E-state index in [0.717, 1.165) is 52.1 Å². The van der Waals surface area contributed by atoms with Crippen molar-refractivity contribution in [2.45, 2.75) is 19.8 Å². The maximum Gasteiger partial charge on any atom is 0.140 e. The molecule has 0 spiro atoms. The van der Waals surface area contributed by atoms with Crippen LogP contribution in [0.1, 0.15) is 19.2 Å². The van der Waals surface area contributed by atoms with Crippen LogP contribution in [0.25, 0.3) is 33.5 Å². The maximum absolute atomic E-state index is 4.76. The second-order valence-corrected chi connectivity index (χ2v) is 5.65. The molecule has 0 bridgehead atoms. The molecule has 4 heteroatoms. The number of aromatic nitrogens is 4. The van der Waals surface area contributed by atoms with Crippen LogP contribution in [-0.4, -0.2) is 19.5 Å². The van der Waals surface area contributed by atoms with Crippen LogP contribution in [0.2, 0.25) is 0 Å². The first-order valence-corrected chi connectivity index (χ1v) is 7.66. The Kier molecular flexibility index (Phi) is 2.96. The molecular weight excluding hydrogens is 272 g/mol. The highest BCUT2D eigenvalue weighted by Gasteiger charge is 2.11. The van der Waals surface area contributed by atoms with Gasteiger partial charge in [0.15, 0.2) is 0 Å². The first kappa shape index (κ1) is 13.1. The van der Waals surface area contributed by atoms with E-state index in [4.69, 9.17) is 4.98 Å². The fraction of sp³-hybridized carbons (Fsp3) is 0.222. The molecule has 22 heavy (non-hydrogen) atoms. The number of aryl methyl sites for hydroxylation is 2. The Morgan fingerprint density at radius 2 is 1.91 bits per heavy atom. The molecule has 0 saturated carbocycles. The zero-order valence-electron chi connectivity index (χ0n) is 12.8. The average molecular weight is 290 g/mol. The number of aromatic amines is 1. The summed E-state index contributed by atoms with van der Waals surface area (Å²) >= 11 is 0. The van der Waals surface area contributed by atoms with Gasteiger partial charge in [0.05, 0.1) is 22.1 Å². The van der Waals surface area contributed by atoms with Crippen LogP contribution in [0.4, 0.5) is 0 Å². The summed E-state index contributed by atoms with van der Waals surface area (Å²) in [5.74, 6) is 2.03. The third-order valence-corrected chi connectivity index (χ3v) is 4.06. The highest BCUT2D eigenvalue weighted by Crippen LogP contribution is 2.26. The van der Waals surface area contributed by atoms with E-state index in [1.165, 1.54) is 0 Å². The molecule has 0 radical (unpaired) electrons. The third-order valence-electron chi connectivity index (χ3n) is 4.06. The Morgan fingerprint density at radius 3 is 2.73 bits per heavy atom. The van der Waals surface area contributed by atoms with Crippen LogP contribution in [0, 0.1) is 0 Å². The minimum Gasteiger partial charge on any atom is -0.342 e. The lowest BCUT2D eigenvalue weighted by Crippen LogP contribution is -1.92. The lowest BCUT2D eigenvalue weighted by molar-refractivity contribution is 0.861. The Hall–Kier alpha value is -2.62. The number of fused-ring (bicyclic) bond motifs is 2. The van der Waals surface area contributed by atoms with Crippen molar-refractivity contribution in [1.29, 1.82) is 0 Å². The summed E-state index contributed by atoms with van der Waals surface area (Å²) in [6, 6.07) is 14.5. The van der Waals surface area contributed by atoms with E-state index in [0.29, 0.717) is 0 Å².